The smallest absolute Gasteiger partial charge is 0.218 e. The Balaban J connectivity index is 2.41. The van der Waals surface area contributed by atoms with Crippen molar-refractivity contribution in [2.24, 2.45) is 0 Å². The first kappa shape index (κ1) is 14.0. The van der Waals surface area contributed by atoms with Gasteiger partial charge in [0.1, 0.15) is 5.75 Å². The summed E-state index contributed by atoms with van der Waals surface area (Å²) in [5.41, 5.74) is 6.54. The first-order valence-electron chi connectivity index (χ1n) is 5.48. The van der Waals surface area contributed by atoms with Crippen molar-refractivity contribution >= 4 is 33.2 Å². The Hall–Kier alpha value is -1.46. The zero-order valence-corrected chi connectivity index (χ0v) is 12.5. The number of nitrogens with two attached hydrogens (primary N) is 1. The Labute approximate surface area is 123 Å². The van der Waals surface area contributed by atoms with E-state index >= 15 is 0 Å². The number of nitrogen functional groups attached to an aromatic ring is 1. The highest BCUT2D eigenvalue weighted by molar-refractivity contribution is 9.10. The first-order chi connectivity index (χ1) is 9.01. The van der Waals surface area contributed by atoms with Crippen molar-refractivity contribution in [2.45, 2.75) is 6.54 Å². The standard InChI is InChI=1S/C13H12BrClN2O2/c1-19-12-3-2-9(15)4-8(12)5-17-6-10(14)13(18)11(16)7-17/h2-4,6-7H,5,16H2,1H3. The molecule has 19 heavy (non-hydrogen) atoms. The predicted molar refractivity (Wildman–Crippen MR) is 79.9 cm³/mol. The van der Waals surface area contributed by atoms with Gasteiger partial charge in [-0.15, -0.1) is 0 Å². The van der Waals surface area contributed by atoms with E-state index in [0.717, 1.165) is 11.3 Å². The molecule has 0 aliphatic rings. The number of aromatic nitrogens is 1. The number of methoxy groups -OCH3 is 1. The SMILES string of the molecule is COc1ccc(Cl)cc1Cn1cc(N)c(=O)c(Br)c1. The maximum atomic E-state index is 11.5. The minimum Gasteiger partial charge on any atom is -0.496 e. The maximum Gasteiger partial charge on any atom is 0.218 e. The summed E-state index contributed by atoms with van der Waals surface area (Å²) in [5, 5.41) is 0.629. The summed E-state index contributed by atoms with van der Waals surface area (Å²) in [4.78, 5) is 11.5. The summed E-state index contributed by atoms with van der Waals surface area (Å²) < 4.78 is 7.51. The van der Waals surface area contributed by atoms with Gasteiger partial charge in [0.2, 0.25) is 5.43 Å². The Bertz CT molecular complexity index is 644. The molecule has 0 fully saturated rings. The fourth-order valence-corrected chi connectivity index (χ4v) is 2.46. The molecule has 6 heteroatoms. The van der Waals surface area contributed by atoms with Crippen LogP contribution in [0, 0.1) is 0 Å². The highest BCUT2D eigenvalue weighted by Gasteiger charge is 2.07. The summed E-state index contributed by atoms with van der Waals surface area (Å²) >= 11 is 9.17. The molecule has 1 heterocycles. The molecule has 0 unspecified atom stereocenters. The number of hydrogen-bond acceptors (Lipinski definition) is 3. The van der Waals surface area contributed by atoms with Crippen LogP contribution in [-0.4, -0.2) is 11.7 Å². The molecule has 2 aromatic rings. The molecule has 1 aromatic carbocycles. The predicted octanol–water partition coefficient (Wildman–Crippen LogP) is 2.90. The van der Waals surface area contributed by atoms with Crippen LogP contribution >= 0.6 is 27.5 Å². The van der Waals surface area contributed by atoms with Gasteiger partial charge in [-0.1, -0.05) is 11.6 Å². The molecule has 0 saturated heterocycles. The third-order valence-electron chi connectivity index (χ3n) is 2.66. The van der Waals surface area contributed by atoms with Gasteiger partial charge in [0.15, 0.2) is 0 Å². The fourth-order valence-electron chi connectivity index (χ4n) is 1.78. The monoisotopic (exact) mass is 342 g/mol. The summed E-state index contributed by atoms with van der Waals surface area (Å²) in [6, 6.07) is 5.39. The number of rotatable bonds is 3. The maximum absolute atomic E-state index is 11.5. The van der Waals surface area contributed by atoms with Gasteiger partial charge in [-0.3, -0.25) is 4.79 Å². The van der Waals surface area contributed by atoms with Gasteiger partial charge in [0, 0.05) is 23.0 Å². The zero-order chi connectivity index (χ0) is 14.0. The van der Waals surface area contributed by atoms with Crippen molar-refractivity contribution in [3.05, 3.63) is 55.9 Å². The van der Waals surface area contributed by atoms with E-state index in [2.05, 4.69) is 15.9 Å². The molecular formula is C13H12BrClN2O2. The first-order valence-corrected chi connectivity index (χ1v) is 6.66. The van der Waals surface area contributed by atoms with Crippen molar-refractivity contribution < 1.29 is 4.74 Å². The number of hydrogen-bond donors (Lipinski definition) is 1. The topological polar surface area (TPSA) is 57.2 Å². The van der Waals surface area contributed by atoms with E-state index in [9.17, 15) is 4.79 Å². The largest absolute Gasteiger partial charge is 0.496 e. The average molecular weight is 344 g/mol. The van der Waals surface area contributed by atoms with Gasteiger partial charge in [-0.2, -0.15) is 0 Å². The average Bonchev–Trinajstić information content (AvgIpc) is 2.36. The van der Waals surface area contributed by atoms with Crippen molar-refractivity contribution in [1.82, 2.24) is 4.57 Å². The van der Waals surface area contributed by atoms with Crippen LogP contribution in [0.5, 0.6) is 5.75 Å². The summed E-state index contributed by atoms with van der Waals surface area (Å²) in [7, 11) is 1.60. The molecule has 2 rings (SSSR count). The Kier molecular flexibility index (Phi) is 4.17. The molecule has 0 atom stereocenters. The molecule has 4 nitrogen and oxygen atoms in total. The van der Waals surface area contributed by atoms with Crippen LogP contribution in [0.15, 0.2) is 39.9 Å². The number of halogens is 2. The molecule has 1 aromatic heterocycles. The molecule has 0 aliphatic carbocycles. The lowest BCUT2D eigenvalue weighted by Gasteiger charge is -2.12. The lowest BCUT2D eigenvalue weighted by molar-refractivity contribution is 0.408. The number of ether oxygens (including phenoxy) is 1. The summed E-state index contributed by atoms with van der Waals surface area (Å²) in [6.45, 7) is 0.507. The van der Waals surface area contributed by atoms with E-state index in [-0.39, 0.29) is 11.1 Å². The molecule has 0 bridgehead atoms. The molecule has 0 amide bonds. The quantitative estimate of drug-likeness (QED) is 0.932. The highest BCUT2D eigenvalue weighted by Crippen LogP contribution is 2.23. The van der Waals surface area contributed by atoms with Crippen LogP contribution in [0.4, 0.5) is 5.69 Å². The minimum atomic E-state index is -0.214. The van der Waals surface area contributed by atoms with Crippen molar-refractivity contribution in [2.75, 3.05) is 12.8 Å². The van der Waals surface area contributed by atoms with E-state index in [1.165, 1.54) is 0 Å². The molecule has 0 saturated carbocycles. The second kappa shape index (κ2) is 5.67. The second-order valence-corrected chi connectivity index (χ2v) is 5.31. The Morgan fingerprint density at radius 2 is 2.16 bits per heavy atom. The number of benzene rings is 1. The van der Waals surface area contributed by atoms with Crippen LogP contribution in [0.25, 0.3) is 0 Å². The van der Waals surface area contributed by atoms with Gasteiger partial charge >= 0.3 is 0 Å². The lowest BCUT2D eigenvalue weighted by Crippen LogP contribution is -2.13. The fraction of sp³-hybridized carbons (Fsp3) is 0.154. The van der Waals surface area contributed by atoms with Gasteiger partial charge in [0.25, 0.3) is 0 Å². The molecule has 100 valence electrons. The van der Waals surface area contributed by atoms with Gasteiger partial charge < -0.3 is 15.0 Å². The molecule has 0 spiro atoms. The van der Waals surface area contributed by atoms with Crippen LogP contribution in [0.2, 0.25) is 5.02 Å². The van der Waals surface area contributed by atoms with Crippen molar-refractivity contribution in [3.8, 4) is 5.75 Å². The van der Waals surface area contributed by atoms with Crippen LogP contribution in [0.3, 0.4) is 0 Å². The highest BCUT2D eigenvalue weighted by atomic mass is 79.9. The Morgan fingerprint density at radius 1 is 1.42 bits per heavy atom. The number of anilines is 1. The van der Waals surface area contributed by atoms with Crippen LogP contribution < -0.4 is 15.9 Å². The van der Waals surface area contributed by atoms with Crippen LogP contribution in [-0.2, 0) is 6.54 Å². The van der Waals surface area contributed by atoms with Crippen molar-refractivity contribution in [1.29, 1.82) is 0 Å². The Morgan fingerprint density at radius 3 is 2.79 bits per heavy atom. The van der Waals surface area contributed by atoms with E-state index in [1.807, 2.05) is 6.07 Å². The van der Waals surface area contributed by atoms with Gasteiger partial charge in [-0.05, 0) is 34.1 Å². The van der Waals surface area contributed by atoms with Gasteiger partial charge in [-0.25, -0.2) is 0 Å². The van der Waals surface area contributed by atoms with E-state index in [4.69, 9.17) is 22.1 Å². The molecule has 0 aliphatic heterocycles. The third-order valence-corrected chi connectivity index (χ3v) is 3.46. The molecule has 2 N–H and O–H groups in total. The second-order valence-electron chi connectivity index (χ2n) is 4.02. The third kappa shape index (κ3) is 3.11. The van der Waals surface area contributed by atoms with Crippen LogP contribution in [0.1, 0.15) is 5.56 Å². The number of pyridine rings is 1. The van der Waals surface area contributed by atoms with E-state index in [1.54, 1.807) is 36.2 Å². The lowest BCUT2D eigenvalue weighted by atomic mass is 10.2. The minimum absolute atomic E-state index is 0.190. The van der Waals surface area contributed by atoms with E-state index in [0.29, 0.717) is 16.0 Å². The normalized spacial score (nSPS) is 10.5. The summed E-state index contributed by atoms with van der Waals surface area (Å²) in [6.07, 6.45) is 3.27. The van der Waals surface area contributed by atoms with E-state index < -0.39 is 0 Å². The molecular weight excluding hydrogens is 332 g/mol. The summed E-state index contributed by atoms with van der Waals surface area (Å²) in [5.74, 6) is 0.734. The number of nitrogens with zero attached hydrogens (tertiary/aromatic N) is 1. The zero-order valence-electron chi connectivity index (χ0n) is 10.2. The van der Waals surface area contributed by atoms with Gasteiger partial charge in [0.05, 0.1) is 23.8 Å². The van der Waals surface area contributed by atoms with Crippen molar-refractivity contribution in [3.63, 3.8) is 0 Å². The molecule has 0 radical (unpaired) electrons.